The van der Waals surface area contributed by atoms with Crippen LogP contribution in [-0.4, -0.2) is 35.3 Å². The van der Waals surface area contributed by atoms with Crippen molar-refractivity contribution < 1.29 is 27.8 Å². The van der Waals surface area contributed by atoms with Gasteiger partial charge in [-0.1, -0.05) is 0 Å². The van der Waals surface area contributed by atoms with Crippen molar-refractivity contribution in [1.82, 2.24) is 10.3 Å². The van der Waals surface area contributed by atoms with Crippen molar-refractivity contribution in [3.8, 4) is 5.88 Å². The van der Waals surface area contributed by atoms with Gasteiger partial charge in [-0.15, -0.1) is 0 Å². The molecule has 2 rings (SSSR count). The molecule has 0 saturated carbocycles. The summed E-state index contributed by atoms with van der Waals surface area (Å²) >= 11 is 0. The van der Waals surface area contributed by atoms with E-state index in [4.69, 9.17) is 9.84 Å². The van der Waals surface area contributed by atoms with Crippen molar-refractivity contribution in [2.75, 3.05) is 13.1 Å². The number of carboxylic acids is 1. The third kappa shape index (κ3) is 3.34. The summed E-state index contributed by atoms with van der Waals surface area (Å²) in [4.78, 5) is 14.1. The molecule has 1 unspecified atom stereocenters. The lowest BCUT2D eigenvalue weighted by molar-refractivity contribution is -0.141. The van der Waals surface area contributed by atoms with Crippen molar-refractivity contribution in [3.05, 3.63) is 23.4 Å². The highest BCUT2D eigenvalue weighted by atomic mass is 19.4. The number of pyridine rings is 1. The maximum absolute atomic E-state index is 12.6. The molecule has 0 spiro atoms. The second-order valence-corrected chi connectivity index (χ2v) is 4.11. The SMILES string of the molecule is O=C(O)c1cc(OC2CCNC2)nc(C(F)(F)F)c1. The van der Waals surface area contributed by atoms with Crippen LogP contribution in [0, 0.1) is 0 Å². The maximum atomic E-state index is 12.6. The number of nitrogens with zero attached hydrogens (tertiary/aromatic N) is 1. The van der Waals surface area contributed by atoms with E-state index in [-0.39, 0.29) is 12.0 Å². The summed E-state index contributed by atoms with van der Waals surface area (Å²) in [5.41, 5.74) is -1.77. The Bertz CT molecular complexity index is 485. The lowest BCUT2D eigenvalue weighted by Gasteiger charge is -2.14. The van der Waals surface area contributed by atoms with Gasteiger partial charge in [0.2, 0.25) is 5.88 Å². The van der Waals surface area contributed by atoms with E-state index in [0.717, 1.165) is 6.07 Å². The Morgan fingerprint density at radius 3 is 2.74 bits per heavy atom. The van der Waals surface area contributed by atoms with Gasteiger partial charge in [-0.25, -0.2) is 9.78 Å². The van der Waals surface area contributed by atoms with Crippen LogP contribution in [0.15, 0.2) is 12.1 Å². The monoisotopic (exact) mass is 276 g/mol. The maximum Gasteiger partial charge on any atom is 0.433 e. The molecule has 1 aliphatic rings. The standard InChI is InChI=1S/C11H11F3N2O3/c12-11(13,14)8-3-6(10(17)18)4-9(16-8)19-7-1-2-15-5-7/h3-4,7,15H,1-2,5H2,(H,17,18). The Balaban J connectivity index is 2.31. The Kier molecular flexibility index (Phi) is 3.61. The molecule has 1 atom stereocenters. The van der Waals surface area contributed by atoms with Gasteiger partial charge >= 0.3 is 12.1 Å². The van der Waals surface area contributed by atoms with Crippen LogP contribution in [0.1, 0.15) is 22.5 Å². The summed E-state index contributed by atoms with van der Waals surface area (Å²) in [6.45, 7) is 1.20. The number of hydrogen-bond acceptors (Lipinski definition) is 4. The highest BCUT2D eigenvalue weighted by molar-refractivity contribution is 5.88. The van der Waals surface area contributed by atoms with Gasteiger partial charge in [0.15, 0.2) is 0 Å². The van der Waals surface area contributed by atoms with Crippen molar-refractivity contribution in [2.45, 2.75) is 18.7 Å². The van der Waals surface area contributed by atoms with E-state index in [2.05, 4.69) is 10.3 Å². The van der Waals surface area contributed by atoms with Crippen molar-refractivity contribution in [2.24, 2.45) is 0 Å². The number of alkyl halides is 3. The second kappa shape index (κ2) is 5.04. The third-order valence-corrected chi connectivity index (χ3v) is 2.64. The van der Waals surface area contributed by atoms with Crippen molar-refractivity contribution in [1.29, 1.82) is 0 Å². The molecule has 0 aromatic carbocycles. The van der Waals surface area contributed by atoms with Gasteiger partial charge in [0, 0.05) is 12.6 Å². The van der Waals surface area contributed by atoms with Crippen LogP contribution in [0.25, 0.3) is 0 Å². The van der Waals surface area contributed by atoms with E-state index < -0.39 is 23.4 Å². The molecule has 2 N–H and O–H groups in total. The largest absolute Gasteiger partial charge is 0.478 e. The van der Waals surface area contributed by atoms with Gasteiger partial charge < -0.3 is 15.2 Å². The zero-order valence-corrected chi connectivity index (χ0v) is 9.70. The molecule has 1 aliphatic heterocycles. The van der Waals surface area contributed by atoms with Crippen LogP contribution in [0.2, 0.25) is 0 Å². The predicted octanol–water partition coefficient (Wildman–Crippen LogP) is 1.54. The van der Waals surface area contributed by atoms with Crippen LogP contribution in [0.4, 0.5) is 13.2 Å². The second-order valence-electron chi connectivity index (χ2n) is 4.11. The molecule has 8 heteroatoms. The summed E-state index contributed by atoms with van der Waals surface area (Å²) in [7, 11) is 0. The molecule has 5 nitrogen and oxygen atoms in total. The van der Waals surface area contributed by atoms with Crippen LogP contribution in [-0.2, 0) is 6.18 Å². The van der Waals surface area contributed by atoms with Gasteiger partial charge in [0.1, 0.15) is 11.8 Å². The zero-order valence-electron chi connectivity index (χ0n) is 9.70. The summed E-state index contributed by atoms with van der Waals surface area (Å²) in [5, 5.41) is 11.8. The molecule has 2 heterocycles. The zero-order chi connectivity index (χ0) is 14.0. The molecule has 0 bridgehead atoms. The minimum absolute atomic E-state index is 0.294. The summed E-state index contributed by atoms with van der Waals surface area (Å²) < 4.78 is 43.1. The first-order valence-corrected chi connectivity index (χ1v) is 5.56. The smallest absolute Gasteiger partial charge is 0.433 e. The molecule has 104 valence electrons. The Morgan fingerprint density at radius 2 is 2.21 bits per heavy atom. The molecule has 1 saturated heterocycles. The highest BCUT2D eigenvalue weighted by Crippen LogP contribution is 2.30. The van der Waals surface area contributed by atoms with Gasteiger partial charge in [-0.3, -0.25) is 0 Å². The Hall–Kier alpha value is -1.83. The Labute approximate surface area is 106 Å². The van der Waals surface area contributed by atoms with Crippen LogP contribution in [0.3, 0.4) is 0 Å². The molecule has 19 heavy (non-hydrogen) atoms. The van der Waals surface area contributed by atoms with E-state index in [1.54, 1.807) is 0 Å². The quantitative estimate of drug-likeness (QED) is 0.876. The lowest BCUT2D eigenvalue weighted by atomic mass is 10.2. The molecule has 1 aromatic heterocycles. The number of aromatic nitrogens is 1. The van der Waals surface area contributed by atoms with Crippen LogP contribution < -0.4 is 10.1 Å². The van der Waals surface area contributed by atoms with Gasteiger partial charge in [-0.2, -0.15) is 13.2 Å². The molecule has 1 aromatic rings. The molecule has 0 aliphatic carbocycles. The number of ether oxygens (including phenoxy) is 1. The first-order valence-electron chi connectivity index (χ1n) is 5.56. The fraction of sp³-hybridized carbons (Fsp3) is 0.455. The number of nitrogens with one attached hydrogen (secondary N) is 1. The molecular weight excluding hydrogens is 265 g/mol. The summed E-state index contributed by atoms with van der Waals surface area (Å²) in [6.07, 6.45) is -4.37. The minimum atomic E-state index is -4.71. The lowest BCUT2D eigenvalue weighted by Crippen LogP contribution is -2.21. The van der Waals surface area contributed by atoms with Crippen LogP contribution in [0.5, 0.6) is 5.88 Å². The third-order valence-electron chi connectivity index (χ3n) is 2.64. The van der Waals surface area contributed by atoms with Crippen molar-refractivity contribution in [3.63, 3.8) is 0 Å². The van der Waals surface area contributed by atoms with E-state index in [1.807, 2.05) is 0 Å². The Morgan fingerprint density at radius 1 is 1.47 bits per heavy atom. The molecule has 0 amide bonds. The summed E-state index contributed by atoms with van der Waals surface area (Å²) in [6, 6.07) is 1.48. The fourth-order valence-electron chi connectivity index (χ4n) is 1.73. The number of hydrogen-bond donors (Lipinski definition) is 2. The number of halogens is 3. The number of aromatic carboxylic acids is 1. The fourth-order valence-corrected chi connectivity index (χ4v) is 1.73. The van der Waals surface area contributed by atoms with Gasteiger partial charge in [0.05, 0.1) is 5.56 Å². The van der Waals surface area contributed by atoms with Crippen LogP contribution >= 0.6 is 0 Å². The molecule has 0 radical (unpaired) electrons. The average molecular weight is 276 g/mol. The summed E-state index contributed by atoms with van der Waals surface area (Å²) in [5.74, 6) is -1.77. The average Bonchev–Trinajstić information content (AvgIpc) is 2.80. The van der Waals surface area contributed by atoms with Gasteiger partial charge in [-0.05, 0) is 19.0 Å². The van der Waals surface area contributed by atoms with E-state index in [1.165, 1.54) is 0 Å². The van der Waals surface area contributed by atoms with E-state index >= 15 is 0 Å². The number of rotatable bonds is 3. The van der Waals surface area contributed by atoms with Crippen molar-refractivity contribution >= 4 is 5.97 Å². The predicted molar refractivity (Wildman–Crippen MR) is 58.1 cm³/mol. The minimum Gasteiger partial charge on any atom is -0.478 e. The number of carbonyl (C=O) groups is 1. The normalized spacial score (nSPS) is 19.4. The van der Waals surface area contributed by atoms with Gasteiger partial charge in [0.25, 0.3) is 0 Å². The van der Waals surface area contributed by atoms with E-state index in [9.17, 15) is 18.0 Å². The topological polar surface area (TPSA) is 71.5 Å². The number of carboxylic acid groups (broad SMARTS) is 1. The first-order chi connectivity index (χ1) is 8.86. The highest BCUT2D eigenvalue weighted by Gasteiger charge is 2.34. The first kappa shape index (κ1) is 13.6. The van der Waals surface area contributed by atoms with E-state index in [0.29, 0.717) is 25.6 Å². The molecular formula is C11H11F3N2O3. The molecule has 1 fully saturated rings.